The lowest BCUT2D eigenvalue weighted by molar-refractivity contribution is 0.815. The number of nitrogens with one attached hydrogen (secondary N) is 1. The van der Waals surface area contributed by atoms with Crippen molar-refractivity contribution in [3.63, 3.8) is 0 Å². The van der Waals surface area contributed by atoms with E-state index in [1.807, 2.05) is 18.8 Å². The summed E-state index contributed by atoms with van der Waals surface area (Å²) in [5, 5.41) is 3.18. The SMILES string of the molecule is CNCc1cccc(SCC2CC2)c1. The summed E-state index contributed by atoms with van der Waals surface area (Å²) in [4.78, 5) is 1.42. The Morgan fingerprint density at radius 2 is 2.29 bits per heavy atom. The zero-order chi connectivity index (χ0) is 9.80. The maximum Gasteiger partial charge on any atom is 0.0202 e. The predicted octanol–water partition coefficient (Wildman–Crippen LogP) is 2.91. The fraction of sp³-hybridized carbons (Fsp3) is 0.500. The molecule has 1 saturated carbocycles. The first kappa shape index (κ1) is 10.1. The molecule has 14 heavy (non-hydrogen) atoms. The van der Waals surface area contributed by atoms with Crippen LogP contribution in [0.15, 0.2) is 29.2 Å². The zero-order valence-corrected chi connectivity index (χ0v) is 9.44. The maximum absolute atomic E-state index is 3.18. The van der Waals surface area contributed by atoms with Gasteiger partial charge in [0.05, 0.1) is 0 Å². The average molecular weight is 207 g/mol. The highest BCUT2D eigenvalue weighted by atomic mass is 32.2. The van der Waals surface area contributed by atoms with Gasteiger partial charge in [0.2, 0.25) is 0 Å². The van der Waals surface area contributed by atoms with Gasteiger partial charge in [-0.25, -0.2) is 0 Å². The molecule has 1 aromatic rings. The molecular formula is C12H17NS. The molecule has 2 rings (SSSR count). The molecule has 0 heterocycles. The van der Waals surface area contributed by atoms with Gasteiger partial charge in [-0.05, 0) is 43.5 Å². The lowest BCUT2D eigenvalue weighted by atomic mass is 10.2. The Balaban J connectivity index is 1.90. The number of hydrogen-bond donors (Lipinski definition) is 1. The maximum atomic E-state index is 3.18. The van der Waals surface area contributed by atoms with E-state index in [2.05, 4.69) is 29.6 Å². The number of rotatable bonds is 5. The van der Waals surface area contributed by atoms with E-state index in [-0.39, 0.29) is 0 Å². The van der Waals surface area contributed by atoms with Crippen molar-refractivity contribution in [2.24, 2.45) is 5.92 Å². The van der Waals surface area contributed by atoms with Gasteiger partial charge in [0, 0.05) is 17.2 Å². The lowest BCUT2D eigenvalue weighted by Crippen LogP contribution is -2.04. The van der Waals surface area contributed by atoms with Crippen LogP contribution < -0.4 is 5.32 Å². The number of thioether (sulfide) groups is 1. The molecule has 1 aliphatic rings. The molecule has 0 aliphatic heterocycles. The van der Waals surface area contributed by atoms with E-state index >= 15 is 0 Å². The van der Waals surface area contributed by atoms with Crippen molar-refractivity contribution in [2.45, 2.75) is 24.3 Å². The summed E-state index contributed by atoms with van der Waals surface area (Å²) in [6.45, 7) is 0.970. The van der Waals surface area contributed by atoms with E-state index in [1.54, 1.807) is 0 Å². The largest absolute Gasteiger partial charge is 0.316 e. The smallest absolute Gasteiger partial charge is 0.0202 e. The van der Waals surface area contributed by atoms with Crippen LogP contribution in [-0.4, -0.2) is 12.8 Å². The molecular weight excluding hydrogens is 190 g/mol. The van der Waals surface area contributed by atoms with Crippen molar-refractivity contribution in [1.29, 1.82) is 0 Å². The van der Waals surface area contributed by atoms with E-state index in [9.17, 15) is 0 Å². The summed E-state index contributed by atoms with van der Waals surface area (Å²) in [7, 11) is 1.99. The molecule has 0 atom stereocenters. The minimum absolute atomic E-state index is 0.970. The van der Waals surface area contributed by atoms with Crippen LogP contribution in [0.1, 0.15) is 18.4 Å². The van der Waals surface area contributed by atoms with Crippen molar-refractivity contribution < 1.29 is 0 Å². The topological polar surface area (TPSA) is 12.0 Å². The van der Waals surface area contributed by atoms with Crippen LogP contribution in [0.25, 0.3) is 0 Å². The van der Waals surface area contributed by atoms with Gasteiger partial charge >= 0.3 is 0 Å². The van der Waals surface area contributed by atoms with E-state index in [0.29, 0.717) is 0 Å². The third-order valence-electron chi connectivity index (χ3n) is 2.46. The molecule has 0 saturated heterocycles. The standard InChI is InChI=1S/C12H17NS/c1-13-8-11-3-2-4-12(7-11)14-9-10-5-6-10/h2-4,7,10,13H,5-6,8-9H2,1H3. The van der Waals surface area contributed by atoms with E-state index in [4.69, 9.17) is 0 Å². The highest BCUT2D eigenvalue weighted by Crippen LogP contribution is 2.35. The van der Waals surface area contributed by atoms with E-state index in [1.165, 1.54) is 29.1 Å². The normalized spacial score (nSPS) is 15.8. The van der Waals surface area contributed by atoms with Gasteiger partial charge in [0.1, 0.15) is 0 Å². The average Bonchev–Trinajstić information content (AvgIpc) is 2.99. The Hall–Kier alpha value is -0.470. The first-order valence-electron chi connectivity index (χ1n) is 5.25. The summed E-state index contributed by atoms with van der Waals surface area (Å²) < 4.78 is 0. The monoisotopic (exact) mass is 207 g/mol. The number of benzene rings is 1. The first-order chi connectivity index (χ1) is 6.88. The van der Waals surface area contributed by atoms with Crippen LogP contribution in [0, 0.1) is 5.92 Å². The highest BCUT2D eigenvalue weighted by Gasteiger charge is 2.20. The highest BCUT2D eigenvalue weighted by molar-refractivity contribution is 7.99. The first-order valence-corrected chi connectivity index (χ1v) is 6.23. The van der Waals surface area contributed by atoms with Crippen LogP contribution in [0.3, 0.4) is 0 Å². The second-order valence-electron chi connectivity index (χ2n) is 3.93. The molecule has 0 amide bonds. The summed E-state index contributed by atoms with van der Waals surface area (Å²) in [6.07, 6.45) is 2.90. The van der Waals surface area contributed by atoms with Crippen molar-refractivity contribution in [1.82, 2.24) is 5.32 Å². The molecule has 1 N–H and O–H groups in total. The third kappa shape index (κ3) is 3.03. The summed E-state index contributed by atoms with van der Waals surface area (Å²) >= 11 is 2.00. The van der Waals surface area contributed by atoms with Crippen molar-refractivity contribution in [3.8, 4) is 0 Å². The fourth-order valence-electron chi connectivity index (χ4n) is 1.45. The number of hydrogen-bond acceptors (Lipinski definition) is 2. The minimum Gasteiger partial charge on any atom is -0.316 e. The van der Waals surface area contributed by atoms with E-state index in [0.717, 1.165) is 12.5 Å². The molecule has 0 unspecified atom stereocenters. The van der Waals surface area contributed by atoms with Gasteiger partial charge in [0.25, 0.3) is 0 Å². The predicted molar refractivity (Wildman–Crippen MR) is 62.7 cm³/mol. The Morgan fingerprint density at radius 1 is 1.43 bits per heavy atom. The second-order valence-corrected chi connectivity index (χ2v) is 5.03. The summed E-state index contributed by atoms with van der Waals surface area (Å²) in [5.74, 6) is 2.32. The van der Waals surface area contributed by atoms with Crippen LogP contribution in [0.2, 0.25) is 0 Å². The minimum atomic E-state index is 0.970. The Kier molecular flexibility index (Phi) is 3.49. The van der Waals surface area contributed by atoms with Gasteiger partial charge < -0.3 is 5.32 Å². The second kappa shape index (κ2) is 4.85. The quantitative estimate of drug-likeness (QED) is 0.745. The fourth-order valence-corrected chi connectivity index (χ4v) is 2.62. The molecule has 76 valence electrons. The molecule has 1 aliphatic carbocycles. The van der Waals surface area contributed by atoms with Crippen LogP contribution in [-0.2, 0) is 6.54 Å². The van der Waals surface area contributed by atoms with Gasteiger partial charge in [-0.2, -0.15) is 0 Å². The lowest BCUT2D eigenvalue weighted by Gasteiger charge is -2.03. The van der Waals surface area contributed by atoms with Crippen molar-refractivity contribution in [3.05, 3.63) is 29.8 Å². The Labute approximate surface area is 90.3 Å². The molecule has 0 aromatic heterocycles. The van der Waals surface area contributed by atoms with Crippen LogP contribution in [0.5, 0.6) is 0 Å². The summed E-state index contributed by atoms with van der Waals surface area (Å²) in [6, 6.07) is 8.84. The van der Waals surface area contributed by atoms with Gasteiger partial charge in [-0.3, -0.25) is 0 Å². The zero-order valence-electron chi connectivity index (χ0n) is 8.62. The molecule has 0 bridgehead atoms. The third-order valence-corrected chi connectivity index (χ3v) is 3.69. The van der Waals surface area contributed by atoms with Crippen molar-refractivity contribution >= 4 is 11.8 Å². The molecule has 1 fully saturated rings. The van der Waals surface area contributed by atoms with E-state index < -0.39 is 0 Å². The molecule has 0 spiro atoms. The van der Waals surface area contributed by atoms with Gasteiger partial charge in [-0.15, -0.1) is 11.8 Å². The summed E-state index contributed by atoms with van der Waals surface area (Å²) in [5.41, 5.74) is 1.38. The van der Waals surface area contributed by atoms with Gasteiger partial charge in [0.15, 0.2) is 0 Å². The van der Waals surface area contributed by atoms with Crippen LogP contribution >= 0.6 is 11.8 Å². The molecule has 1 aromatic carbocycles. The van der Waals surface area contributed by atoms with Crippen LogP contribution in [0.4, 0.5) is 0 Å². The van der Waals surface area contributed by atoms with Gasteiger partial charge in [-0.1, -0.05) is 12.1 Å². The Morgan fingerprint density at radius 3 is 3.00 bits per heavy atom. The molecule has 1 nitrogen and oxygen atoms in total. The molecule has 0 radical (unpaired) electrons. The van der Waals surface area contributed by atoms with Crippen molar-refractivity contribution in [2.75, 3.05) is 12.8 Å². The molecule has 2 heteroatoms. The Bertz CT molecular complexity index is 294.